The predicted octanol–water partition coefficient (Wildman–Crippen LogP) is 6.04. The van der Waals surface area contributed by atoms with Crippen LogP contribution in [0.15, 0.2) is 53.6 Å². The minimum Gasteiger partial charge on any atom is -0.266 e. The number of amides is 1. The molecule has 0 atom stereocenters. The Hall–Kier alpha value is -2.17. The van der Waals surface area contributed by atoms with E-state index in [2.05, 4.69) is 24.4 Å². The van der Waals surface area contributed by atoms with E-state index in [0.717, 1.165) is 33.3 Å². The molecule has 0 aliphatic carbocycles. The van der Waals surface area contributed by atoms with Gasteiger partial charge in [0.2, 0.25) is 0 Å². The molecular weight excluding hydrogens is 364 g/mol. The summed E-state index contributed by atoms with van der Waals surface area (Å²) in [7, 11) is 0. The molecule has 0 unspecified atom stereocenters. The van der Waals surface area contributed by atoms with E-state index in [-0.39, 0.29) is 5.91 Å². The van der Waals surface area contributed by atoms with Gasteiger partial charge in [-0.1, -0.05) is 67.9 Å². The number of thiophene rings is 1. The van der Waals surface area contributed by atoms with E-state index >= 15 is 0 Å². The highest BCUT2D eigenvalue weighted by Gasteiger charge is 2.17. The van der Waals surface area contributed by atoms with Crippen molar-refractivity contribution in [2.45, 2.75) is 27.2 Å². The van der Waals surface area contributed by atoms with Crippen molar-refractivity contribution in [2.24, 2.45) is 11.0 Å². The first kappa shape index (κ1) is 18.6. The molecule has 0 saturated heterocycles. The lowest BCUT2D eigenvalue weighted by Crippen LogP contribution is -2.20. The average Bonchev–Trinajstić information content (AvgIpc) is 2.94. The maximum atomic E-state index is 12.6. The number of hydrogen-bond acceptors (Lipinski definition) is 3. The number of rotatable bonds is 5. The molecular formula is C21H21ClN2OS. The van der Waals surface area contributed by atoms with Crippen LogP contribution in [0, 0.1) is 12.8 Å². The van der Waals surface area contributed by atoms with Crippen LogP contribution < -0.4 is 5.43 Å². The third kappa shape index (κ3) is 4.14. The van der Waals surface area contributed by atoms with Gasteiger partial charge in [-0.25, -0.2) is 5.43 Å². The van der Waals surface area contributed by atoms with Gasteiger partial charge in [-0.15, -0.1) is 11.3 Å². The second kappa shape index (κ2) is 8.02. The molecule has 3 nitrogen and oxygen atoms in total. The summed E-state index contributed by atoms with van der Waals surface area (Å²) in [6, 6.07) is 15.9. The van der Waals surface area contributed by atoms with Crippen LogP contribution in [0.5, 0.6) is 0 Å². The first-order chi connectivity index (χ1) is 12.5. The number of aryl methyl sites for hydroxylation is 1. The minimum atomic E-state index is -0.272. The summed E-state index contributed by atoms with van der Waals surface area (Å²) >= 11 is 7.82. The number of hydrazone groups is 1. The van der Waals surface area contributed by atoms with Crippen molar-refractivity contribution in [2.75, 3.05) is 0 Å². The zero-order valence-electron chi connectivity index (χ0n) is 15.0. The third-order valence-electron chi connectivity index (χ3n) is 3.99. The molecule has 3 rings (SSSR count). The lowest BCUT2D eigenvalue weighted by atomic mass is 10.0. The summed E-state index contributed by atoms with van der Waals surface area (Å²) in [5.41, 5.74) is 5.71. The maximum Gasteiger partial charge on any atom is 0.283 e. The molecule has 1 aromatic heterocycles. The van der Waals surface area contributed by atoms with Crippen LogP contribution in [0.1, 0.15) is 41.1 Å². The van der Waals surface area contributed by atoms with Crippen molar-refractivity contribution in [3.05, 3.63) is 69.6 Å². The zero-order chi connectivity index (χ0) is 18.7. The van der Waals surface area contributed by atoms with Gasteiger partial charge >= 0.3 is 0 Å². The molecule has 26 heavy (non-hydrogen) atoms. The monoisotopic (exact) mass is 384 g/mol. The van der Waals surface area contributed by atoms with E-state index in [1.165, 1.54) is 11.3 Å². The standard InChI is InChI=1S/C21H21ClN2OS/c1-13(2)11-17(15-7-5-4-6-8-15)23-24-21(25)20-19(22)16-10-9-14(3)12-18(16)26-20/h4-10,12-13H,11H2,1-3H3,(H,24,25)/b23-17+. The predicted molar refractivity (Wildman–Crippen MR) is 111 cm³/mol. The molecule has 1 heterocycles. The Morgan fingerprint density at radius 2 is 1.92 bits per heavy atom. The third-order valence-corrected chi connectivity index (χ3v) is 5.65. The lowest BCUT2D eigenvalue weighted by Gasteiger charge is -2.09. The molecule has 0 spiro atoms. The molecule has 0 bridgehead atoms. The van der Waals surface area contributed by atoms with Gasteiger partial charge in [-0.2, -0.15) is 5.10 Å². The summed E-state index contributed by atoms with van der Waals surface area (Å²) in [5, 5.41) is 5.80. The van der Waals surface area contributed by atoms with Crippen LogP contribution >= 0.6 is 22.9 Å². The number of benzene rings is 2. The Kier molecular flexibility index (Phi) is 5.74. The number of fused-ring (bicyclic) bond motifs is 1. The van der Waals surface area contributed by atoms with Gasteiger partial charge in [0.05, 0.1) is 10.7 Å². The Bertz CT molecular complexity index is 961. The van der Waals surface area contributed by atoms with Crippen LogP contribution in [0.25, 0.3) is 10.1 Å². The Morgan fingerprint density at radius 3 is 2.62 bits per heavy atom. The Labute approximate surface area is 162 Å². The van der Waals surface area contributed by atoms with Crippen molar-refractivity contribution in [1.29, 1.82) is 0 Å². The fraction of sp³-hybridized carbons (Fsp3) is 0.238. The number of carbonyl (C=O) groups excluding carboxylic acids is 1. The highest BCUT2D eigenvalue weighted by atomic mass is 35.5. The number of halogens is 1. The molecule has 5 heteroatoms. The van der Waals surface area contributed by atoms with Crippen molar-refractivity contribution in [3.8, 4) is 0 Å². The zero-order valence-corrected chi connectivity index (χ0v) is 16.6. The summed E-state index contributed by atoms with van der Waals surface area (Å²) in [6.07, 6.45) is 0.781. The van der Waals surface area contributed by atoms with Crippen LogP contribution in [0.4, 0.5) is 0 Å². The van der Waals surface area contributed by atoms with E-state index in [0.29, 0.717) is 15.8 Å². The van der Waals surface area contributed by atoms with Crippen LogP contribution in [0.3, 0.4) is 0 Å². The summed E-state index contributed by atoms with van der Waals surface area (Å²) in [5.74, 6) is 0.160. The number of hydrogen-bond donors (Lipinski definition) is 1. The Morgan fingerprint density at radius 1 is 1.19 bits per heavy atom. The van der Waals surface area contributed by atoms with Gasteiger partial charge in [0.1, 0.15) is 4.88 Å². The van der Waals surface area contributed by atoms with Crippen molar-refractivity contribution in [1.82, 2.24) is 5.43 Å². The molecule has 1 N–H and O–H groups in total. The highest BCUT2D eigenvalue weighted by molar-refractivity contribution is 7.21. The number of carbonyl (C=O) groups is 1. The van der Waals surface area contributed by atoms with Gasteiger partial charge in [-0.3, -0.25) is 4.79 Å². The van der Waals surface area contributed by atoms with Gasteiger partial charge in [0.15, 0.2) is 0 Å². The topological polar surface area (TPSA) is 41.5 Å². The van der Waals surface area contributed by atoms with Crippen LogP contribution in [-0.4, -0.2) is 11.6 Å². The van der Waals surface area contributed by atoms with E-state index in [1.54, 1.807) is 0 Å². The summed E-state index contributed by atoms with van der Waals surface area (Å²) in [6.45, 7) is 6.28. The van der Waals surface area contributed by atoms with Gasteiger partial charge in [0, 0.05) is 10.1 Å². The molecule has 1 amide bonds. The molecule has 2 aromatic carbocycles. The van der Waals surface area contributed by atoms with Gasteiger partial charge in [0.25, 0.3) is 5.91 Å². The normalized spacial score (nSPS) is 12.0. The maximum absolute atomic E-state index is 12.6. The number of nitrogens with zero attached hydrogens (tertiary/aromatic N) is 1. The summed E-state index contributed by atoms with van der Waals surface area (Å²) in [4.78, 5) is 13.1. The van der Waals surface area contributed by atoms with E-state index in [4.69, 9.17) is 11.6 Å². The molecule has 0 saturated carbocycles. The van der Waals surface area contributed by atoms with Crippen molar-refractivity contribution < 1.29 is 4.79 Å². The Balaban J connectivity index is 1.88. The van der Waals surface area contributed by atoms with E-state index in [1.807, 2.05) is 55.5 Å². The molecule has 3 aromatic rings. The second-order valence-electron chi connectivity index (χ2n) is 6.71. The van der Waals surface area contributed by atoms with Gasteiger partial charge in [-0.05, 0) is 36.5 Å². The van der Waals surface area contributed by atoms with E-state index < -0.39 is 0 Å². The minimum absolute atomic E-state index is 0.272. The molecule has 0 aliphatic heterocycles. The second-order valence-corrected chi connectivity index (χ2v) is 8.14. The molecule has 0 radical (unpaired) electrons. The smallest absolute Gasteiger partial charge is 0.266 e. The molecule has 0 aliphatic rings. The molecule has 134 valence electrons. The fourth-order valence-corrected chi connectivity index (χ4v) is 4.24. The van der Waals surface area contributed by atoms with Gasteiger partial charge < -0.3 is 0 Å². The van der Waals surface area contributed by atoms with E-state index in [9.17, 15) is 4.79 Å². The number of nitrogens with one attached hydrogen (secondary N) is 1. The van der Waals surface area contributed by atoms with Crippen LogP contribution in [0.2, 0.25) is 5.02 Å². The largest absolute Gasteiger partial charge is 0.283 e. The molecule has 0 fully saturated rings. The van der Waals surface area contributed by atoms with Crippen molar-refractivity contribution in [3.63, 3.8) is 0 Å². The lowest BCUT2D eigenvalue weighted by molar-refractivity contribution is 0.0959. The average molecular weight is 385 g/mol. The SMILES string of the molecule is Cc1ccc2c(Cl)c(C(=O)N/N=C(\CC(C)C)c3ccccc3)sc2c1. The summed E-state index contributed by atoms with van der Waals surface area (Å²) < 4.78 is 1.01. The first-order valence-electron chi connectivity index (χ1n) is 8.56. The van der Waals surface area contributed by atoms with Crippen LogP contribution in [-0.2, 0) is 0 Å². The quantitative estimate of drug-likeness (QED) is 0.422. The fourth-order valence-electron chi connectivity index (χ4n) is 2.73. The first-order valence-corrected chi connectivity index (χ1v) is 9.76. The highest BCUT2D eigenvalue weighted by Crippen LogP contribution is 2.35. The van der Waals surface area contributed by atoms with Crippen molar-refractivity contribution >= 4 is 44.6 Å².